The number of halogens is 3. The van der Waals surface area contributed by atoms with Crippen molar-refractivity contribution in [3.63, 3.8) is 0 Å². The van der Waals surface area contributed by atoms with Crippen molar-refractivity contribution in [3.05, 3.63) is 39.6 Å². The number of esters is 1. The largest absolute Gasteiger partial charge is 0.458 e. The summed E-state index contributed by atoms with van der Waals surface area (Å²) in [6.07, 6.45) is 2.15. The van der Waals surface area contributed by atoms with Gasteiger partial charge < -0.3 is 14.6 Å². The molecule has 2 saturated carbocycles. The number of fused-ring (bicyclic) bond motifs is 2. The fraction of sp³-hybridized carbons (Fsp3) is 0.474. The second-order valence-corrected chi connectivity index (χ2v) is 8.39. The molecule has 3 unspecified atom stereocenters. The van der Waals surface area contributed by atoms with Crippen molar-refractivity contribution in [2.75, 3.05) is 6.54 Å². The summed E-state index contributed by atoms with van der Waals surface area (Å²) in [6.45, 7) is 0.829. The molecule has 5 nitrogen and oxygen atoms in total. The molecule has 3 fully saturated rings. The van der Waals surface area contributed by atoms with E-state index >= 15 is 0 Å². The Morgan fingerprint density at radius 3 is 2.63 bits per heavy atom. The molecule has 1 aromatic heterocycles. The van der Waals surface area contributed by atoms with Gasteiger partial charge in [0.05, 0.1) is 10.0 Å². The maximum absolute atomic E-state index is 14.8. The number of benzene rings is 1. The molecular formula is C19H17Cl2FN2O3. The lowest BCUT2D eigenvalue weighted by Gasteiger charge is -2.22. The number of hydrogen-bond acceptors (Lipinski definition) is 5. The highest BCUT2D eigenvalue weighted by molar-refractivity contribution is 6.39. The Bertz CT molecular complexity index is 907. The van der Waals surface area contributed by atoms with Crippen LogP contribution in [0.2, 0.25) is 10.0 Å². The van der Waals surface area contributed by atoms with Crippen molar-refractivity contribution >= 4 is 29.2 Å². The number of hydrogen-bond donors (Lipinski definition) is 1. The standard InChI is InChI=1S/C19H17Cl2FN2O3/c20-11-2-1-3-12(21)14(11)16-15(17(27-24-16)19(22)4-5-19)18(25)26-13-7-10-6-9(13)8-23-10/h1-3,9-10,13,23H,4-8H2. The van der Waals surface area contributed by atoms with Crippen LogP contribution < -0.4 is 5.32 Å². The molecule has 1 aromatic carbocycles. The third-order valence-corrected chi connectivity index (χ3v) is 6.38. The monoisotopic (exact) mass is 410 g/mol. The van der Waals surface area contributed by atoms with Crippen LogP contribution in [0.25, 0.3) is 11.3 Å². The molecule has 2 bridgehead atoms. The lowest BCUT2D eigenvalue weighted by Crippen LogP contribution is -2.35. The SMILES string of the molecule is O=C(OC1CC2CC1CN2)c1c(-c2c(Cl)cccc2Cl)noc1C1(F)CC1. The Balaban J connectivity index is 1.55. The average Bonchev–Trinajstić information content (AvgIpc) is 3.03. The Kier molecular flexibility index (Phi) is 4.00. The smallest absolute Gasteiger partial charge is 0.344 e. The number of aromatic nitrogens is 1. The first-order valence-electron chi connectivity index (χ1n) is 9.04. The van der Waals surface area contributed by atoms with Gasteiger partial charge in [-0.25, -0.2) is 9.18 Å². The molecule has 1 N–H and O–H groups in total. The maximum atomic E-state index is 14.8. The molecule has 8 heteroatoms. The molecule has 3 atom stereocenters. The lowest BCUT2D eigenvalue weighted by atomic mass is 10.0. The molecule has 0 spiro atoms. The number of piperidine rings is 1. The summed E-state index contributed by atoms with van der Waals surface area (Å²) < 4.78 is 25.9. The highest BCUT2D eigenvalue weighted by Crippen LogP contribution is 2.53. The summed E-state index contributed by atoms with van der Waals surface area (Å²) in [4.78, 5) is 13.1. The average molecular weight is 411 g/mol. The topological polar surface area (TPSA) is 64.4 Å². The van der Waals surface area contributed by atoms with Crippen molar-refractivity contribution in [2.24, 2.45) is 5.92 Å². The summed E-state index contributed by atoms with van der Waals surface area (Å²) >= 11 is 12.6. The molecule has 142 valence electrons. The summed E-state index contributed by atoms with van der Waals surface area (Å²) in [5.74, 6) is -0.423. The first-order valence-corrected chi connectivity index (χ1v) is 9.80. The molecule has 27 heavy (non-hydrogen) atoms. The second kappa shape index (κ2) is 6.19. The summed E-state index contributed by atoms with van der Waals surface area (Å²) in [5, 5.41) is 7.95. The van der Waals surface area contributed by atoms with E-state index < -0.39 is 11.6 Å². The van der Waals surface area contributed by atoms with Gasteiger partial charge in [0, 0.05) is 30.5 Å². The number of carbonyl (C=O) groups is 1. The first kappa shape index (κ1) is 17.5. The van der Waals surface area contributed by atoms with Crippen molar-refractivity contribution in [1.29, 1.82) is 0 Å². The maximum Gasteiger partial charge on any atom is 0.344 e. The van der Waals surface area contributed by atoms with E-state index in [0.717, 1.165) is 19.4 Å². The van der Waals surface area contributed by atoms with E-state index in [1.54, 1.807) is 18.2 Å². The minimum atomic E-state index is -1.68. The van der Waals surface area contributed by atoms with Crippen LogP contribution in [0.1, 0.15) is 41.8 Å². The van der Waals surface area contributed by atoms with Gasteiger partial charge in [-0.2, -0.15) is 0 Å². The molecule has 2 heterocycles. The van der Waals surface area contributed by atoms with Crippen molar-refractivity contribution in [3.8, 4) is 11.3 Å². The molecular weight excluding hydrogens is 394 g/mol. The van der Waals surface area contributed by atoms with Crippen LogP contribution in [0, 0.1) is 5.92 Å². The van der Waals surface area contributed by atoms with Crippen LogP contribution in [0.3, 0.4) is 0 Å². The van der Waals surface area contributed by atoms with E-state index in [1.807, 2.05) is 0 Å². The quantitative estimate of drug-likeness (QED) is 0.750. The van der Waals surface area contributed by atoms with E-state index in [1.165, 1.54) is 0 Å². The molecule has 2 aromatic rings. The van der Waals surface area contributed by atoms with Gasteiger partial charge in [0.15, 0.2) is 11.4 Å². The molecule has 3 aliphatic rings. The number of nitrogens with one attached hydrogen (secondary N) is 1. The number of alkyl halides is 1. The van der Waals surface area contributed by atoms with E-state index in [2.05, 4.69) is 10.5 Å². The Hall–Kier alpha value is -1.63. The minimum Gasteiger partial charge on any atom is -0.458 e. The number of ether oxygens (including phenoxy) is 1. The number of nitrogens with zero attached hydrogens (tertiary/aromatic N) is 1. The normalized spacial score (nSPS) is 27.7. The van der Waals surface area contributed by atoms with Crippen molar-refractivity contribution in [2.45, 2.75) is 43.5 Å². The van der Waals surface area contributed by atoms with Gasteiger partial charge in [-0.15, -0.1) is 0 Å². The molecule has 0 radical (unpaired) electrons. The first-order chi connectivity index (χ1) is 13.0. The minimum absolute atomic E-state index is 0.000678. The van der Waals surface area contributed by atoms with Crippen LogP contribution >= 0.6 is 23.2 Å². The zero-order valence-corrected chi connectivity index (χ0v) is 15.8. The fourth-order valence-electron chi connectivity index (χ4n) is 4.14. The van der Waals surface area contributed by atoms with Gasteiger partial charge in [0.25, 0.3) is 0 Å². The van der Waals surface area contributed by atoms with E-state index in [-0.39, 0.29) is 41.9 Å². The molecule has 1 saturated heterocycles. The van der Waals surface area contributed by atoms with Gasteiger partial charge in [-0.3, -0.25) is 0 Å². The fourth-order valence-corrected chi connectivity index (χ4v) is 4.72. The Morgan fingerprint density at radius 1 is 1.30 bits per heavy atom. The van der Waals surface area contributed by atoms with Crippen molar-refractivity contribution < 1.29 is 18.4 Å². The third-order valence-electron chi connectivity index (χ3n) is 5.75. The van der Waals surface area contributed by atoms with E-state index in [0.29, 0.717) is 21.7 Å². The van der Waals surface area contributed by atoms with Gasteiger partial charge in [0.1, 0.15) is 17.4 Å². The summed E-state index contributed by atoms with van der Waals surface area (Å²) in [6, 6.07) is 5.34. The van der Waals surface area contributed by atoms with Crippen molar-refractivity contribution in [1.82, 2.24) is 10.5 Å². The van der Waals surface area contributed by atoms with Gasteiger partial charge in [-0.1, -0.05) is 34.4 Å². The number of rotatable bonds is 4. The zero-order valence-electron chi connectivity index (χ0n) is 14.3. The van der Waals surface area contributed by atoms with Gasteiger partial charge in [0.2, 0.25) is 0 Å². The molecule has 2 aliphatic carbocycles. The Morgan fingerprint density at radius 2 is 2.04 bits per heavy atom. The number of carbonyl (C=O) groups excluding carboxylic acids is 1. The van der Waals surface area contributed by atoms with Crippen LogP contribution in [-0.4, -0.2) is 29.8 Å². The van der Waals surface area contributed by atoms with E-state index in [4.69, 9.17) is 32.5 Å². The van der Waals surface area contributed by atoms with E-state index in [9.17, 15) is 9.18 Å². The lowest BCUT2D eigenvalue weighted by molar-refractivity contribution is 0.0173. The predicted molar refractivity (Wildman–Crippen MR) is 97.7 cm³/mol. The summed E-state index contributed by atoms with van der Waals surface area (Å²) in [5.41, 5.74) is -1.19. The molecule has 0 amide bonds. The predicted octanol–water partition coefficient (Wildman–Crippen LogP) is 4.51. The van der Waals surface area contributed by atoms with Gasteiger partial charge in [-0.05, 0) is 31.4 Å². The van der Waals surface area contributed by atoms with Gasteiger partial charge >= 0.3 is 5.97 Å². The molecule has 5 rings (SSSR count). The van der Waals surface area contributed by atoms with Crippen LogP contribution in [-0.2, 0) is 10.4 Å². The van der Waals surface area contributed by atoms with Crippen LogP contribution in [0.15, 0.2) is 22.7 Å². The Labute approximate surface area is 165 Å². The van der Waals surface area contributed by atoms with Crippen LogP contribution in [0.4, 0.5) is 4.39 Å². The zero-order chi connectivity index (χ0) is 18.8. The highest BCUT2D eigenvalue weighted by atomic mass is 35.5. The highest BCUT2D eigenvalue weighted by Gasteiger charge is 2.53. The second-order valence-electron chi connectivity index (χ2n) is 7.58. The molecule has 1 aliphatic heterocycles. The van der Waals surface area contributed by atoms with Crippen LogP contribution in [0.5, 0.6) is 0 Å². The third kappa shape index (κ3) is 2.85. The summed E-state index contributed by atoms with van der Waals surface area (Å²) in [7, 11) is 0.